The van der Waals surface area contributed by atoms with Gasteiger partial charge in [0.2, 0.25) is 5.91 Å². The number of β-amino-alcohol motifs (C(OH)–C–C–N with tert-alkyl or cyclic N) is 1. The van der Waals surface area contributed by atoms with Gasteiger partial charge in [0.05, 0.1) is 38.2 Å². The summed E-state index contributed by atoms with van der Waals surface area (Å²) >= 11 is 0. The first kappa shape index (κ1) is 25.6. The number of fused-ring (bicyclic) bond motifs is 1. The van der Waals surface area contributed by atoms with Crippen molar-refractivity contribution in [1.82, 2.24) is 4.90 Å². The summed E-state index contributed by atoms with van der Waals surface area (Å²) in [6.45, 7) is 5.02. The van der Waals surface area contributed by atoms with E-state index in [4.69, 9.17) is 14.2 Å². The lowest BCUT2D eigenvalue weighted by Crippen LogP contribution is -2.53. The number of anilines is 3. The van der Waals surface area contributed by atoms with Crippen LogP contribution in [0.25, 0.3) is 0 Å². The summed E-state index contributed by atoms with van der Waals surface area (Å²) in [7, 11) is 1.65. The molecular weight excluding hydrogens is 464 g/mol. The fourth-order valence-corrected chi connectivity index (χ4v) is 4.60. The summed E-state index contributed by atoms with van der Waals surface area (Å²) in [5, 5.41) is 16.4. The number of amides is 2. The molecule has 194 valence electrons. The third-order valence-corrected chi connectivity index (χ3v) is 6.37. The molecule has 2 aromatic rings. The first-order valence-electron chi connectivity index (χ1n) is 12.3. The summed E-state index contributed by atoms with van der Waals surface area (Å²) in [5.74, 6) is 1.30. The Balaban J connectivity index is 1.35. The Morgan fingerprint density at radius 1 is 1.19 bits per heavy atom. The van der Waals surface area contributed by atoms with E-state index in [2.05, 4.69) is 15.5 Å². The van der Waals surface area contributed by atoms with Crippen molar-refractivity contribution < 1.29 is 28.9 Å². The van der Waals surface area contributed by atoms with Crippen LogP contribution in [0.4, 0.5) is 21.9 Å². The van der Waals surface area contributed by atoms with E-state index in [0.29, 0.717) is 62.6 Å². The third kappa shape index (κ3) is 6.00. The maximum Gasteiger partial charge on any atom is 0.411 e. The van der Waals surface area contributed by atoms with Crippen molar-refractivity contribution in [1.29, 1.82) is 0 Å². The molecule has 1 fully saturated rings. The van der Waals surface area contributed by atoms with Crippen LogP contribution in [0.15, 0.2) is 36.4 Å². The van der Waals surface area contributed by atoms with Crippen molar-refractivity contribution in [2.45, 2.75) is 32.4 Å². The maximum atomic E-state index is 12.0. The van der Waals surface area contributed by atoms with Gasteiger partial charge in [-0.25, -0.2) is 4.79 Å². The zero-order valence-electron chi connectivity index (χ0n) is 20.8. The van der Waals surface area contributed by atoms with Gasteiger partial charge in [0.15, 0.2) is 0 Å². The molecule has 0 radical (unpaired) electrons. The number of aliphatic hydroxyl groups is 1. The smallest absolute Gasteiger partial charge is 0.411 e. The Morgan fingerprint density at radius 2 is 2.03 bits per heavy atom. The number of aliphatic hydroxyl groups excluding tert-OH is 1. The van der Waals surface area contributed by atoms with Crippen LogP contribution in [0.3, 0.4) is 0 Å². The van der Waals surface area contributed by atoms with Gasteiger partial charge in [0, 0.05) is 37.3 Å². The highest BCUT2D eigenvalue weighted by Crippen LogP contribution is 2.38. The average Bonchev–Trinajstić information content (AvgIpc) is 2.88. The lowest BCUT2D eigenvalue weighted by molar-refractivity contribution is -0.116. The molecule has 1 atom stereocenters. The highest BCUT2D eigenvalue weighted by Gasteiger charge is 2.27. The summed E-state index contributed by atoms with van der Waals surface area (Å²) in [6, 6.07) is 11.3. The molecule has 2 amide bonds. The van der Waals surface area contributed by atoms with Crippen LogP contribution >= 0.6 is 0 Å². The molecule has 0 bridgehead atoms. The van der Waals surface area contributed by atoms with E-state index < -0.39 is 12.3 Å². The summed E-state index contributed by atoms with van der Waals surface area (Å²) in [4.78, 5) is 28.0. The van der Waals surface area contributed by atoms with Crippen LogP contribution < -0.4 is 25.0 Å². The molecule has 1 unspecified atom stereocenters. The monoisotopic (exact) mass is 498 g/mol. The second-order valence-electron chi connectivity index (χ2n) is 8.70. The number of hydrogen-bond donors (Lipinski definition) is 3. The van der Waals surface area contributed by atoms with Crippen molar-refractivity contribution in [3.63, 3.8) is 0 Å². The maximum absolute atomic E-state index is 12.0. The largest absolute Gasteiger partial charge is 0.495 e. The van der Waals surface area contributed by atoms with Crippen molar-refractivity contribution in [2.24, 2.45) is 0 Å². The van der Waals surface area contributed by atoms with Gasteiger partial charge in [-0.05, 0) is 44.0 Å². The van der Waals surface area contributed by atoms with Gasteiger partial charge < -0.3 is 29.5 Å². The SMILES string of the molecule is CCOC(=O)Nc1ccc2c(c1OCCCN1CCN(c3ccccc3OC)CC1O)CCC(=O)N2. The Labute approximate surface area is 211 Å². The van der Waals surface area contributed by atoms with Gasteiger partial charge in [-0.2, -0.15) is 0 Å². The molecule has 4 rings (SSSR count). The van der Waals surface area contributed by atoms with Gasteiger partial charge in [0.25, 0.3) is 0 Å². The quantitative estimate of drug-likeness (QED) is 0.452. The van der Waals surface area contributed by atoms with Crippen molar-refractivity contribution in [3.05, 3.63) is 42.0 Å². The van der Waals surface area contributed by atoms with Crippen LogP contribution in [-0.4, -0.2) is 74.7 Å². The molecule has 3 N–H and O–H groups in total. The lowest BCUT2D eigenvalue weighted by Gasteiger charge is -2.40. The molecule has 10 nitrogen and oxygen atoms in total. The third-order valence-electron chi connectivity index (χ3n) is 6.37. The zero-order chi connectivity index (χ0) is 25.5. The topological polar surface area (TPSA) is 113 Å². The predicted molar refractivity (Wildman–Crippen MR) is 137 cm³/mol. The molecule has 0 saturated carbocycles. The van der Waals surface area contributed by atoms with Gasteiger partial charge in [0.1, 0.15) is 17.7 Å². The number of ether oxygens (including phenoxy) is 3. The number of piperazine rings is 1. The number of para-hydroxylation sites is 2. The Bertz CT molecular complexity index is 1080. The van der Waals surface area contributed by atoms with Crippen LogP contribution in [0, 0.1) is 0 Å². The van der Waals surface area contributed by atoms with Crippen molar-refractivity contribution >= 4 is 29.1 Å². The van der Waals surface area contributed by atoms with Gasteiger partial charge in [-0.15, -0.1) is 0 Å². The molecule has 2 aliphatic heterocycles. The standard InChI is InChI=1S/C26H34N4O6/c1-3-35-26(33)28-20-11-10-19-18(9-12-23(31)27-19)25(20)36-16-6-13-29-14-15-30(17-24(29)32)21-7-4-5-8-22(21)34-2/h4-5,7-8,10-11,24,32H,3,6,9,12-17H2,1-2H3,(H,27,31)(H,28,33). The van der Waals surface area contributed by atoms with E-state index >= 15 is 0 Å². The predicted octanol–water partition coefficient (Wildman–Crippen LogP) is 3.06. The highest BCUT2D eigenvalue weighted by molar-refractivity contribution is 5.96. The molecule has 0 aliphatic carbocycles. The Kier molecular flexibility index (Phi) is 8.50. The molecule has 1 saturated heterocycles. The second kappa shape index (κ2) is 12.0. The number of benzene rings is 2. The molecule has 36 heavy (non-hydrogen) atoms. The minimum Gasteiger partial charge on any atom is -0.495 e. The zero-order valence-corrected chi connectivity index (χ0v) is 20.8. The fourth-order valence-electron chi connectivity index (χ4n) is 4.60. The molecule has 2 aliphatic rings. The van der Waals surface area contributed by atoms with Crippen LogP contribution in [-0.2, 0) is 16.0 Å². The molecule has 2 heterocycles. The summed E-state index contributed by atoms with van der Waals surface area (Å²) in [6.07, 6.45) is 0.399. The molecule has 10 heteroatoms. The number of rotatable bonds is 9. The Morgan fingerprint density at radius 3 is 2.81 bits per heavy atom. The number of carbonyl (C=O) groups is 2. The highest BCUT2D eigenvalue weighted by atomic mass is 16.5. The van der Waals surface area contributed by atoms with Crippen molar-refractivity contribution in [3.8, 4) is 11.5 Å². The van der Waals surface area contributed by atoms with E-state index in [9.17, 15) is 14.7 Å². The number of hydrogen-bond acceptors (Lipinski definition) is 8. The minimum absolute atomic E-state index is 0.0409. The van der Waals surface area contributed by atoms with Gasteiger partial charge >= 0.3 is 6.09 Å². The van der Waals surface area contributed by atoms with E-state index in [1.54, 1.807) is 26.2 Å². The van der Waals surface area contributed by atoms with Gasteiger partial charge in [-0.3, -0.25) is 15.0 Å². The van der Waals surface area contributed by atoms with E-state index in [1.165, 1.54) is 0 Å². The number of carbonyl (C=O) groups excluding carboxylic acids is 2. The number of nitrogens with zero attached hydrogens (tertiary/aromatic N) is 2. The van der Waals surface area contributed by atoms with Crippen LogP contribution in [0.2, 0.25) is 0 Å². The number of nitrogens with one attached hydrogen (secondary N) is 2. The molecular formula is C26H34N4O6. The van der Waals surface area contributed by atoms with Crippen LogP contribution in [0.1, 0.15) is 25.3 Å². The lowest BCUT2D eigenvalue weighted by atomic mass is 10.0. The molecule has 0 aromatic heterocycles. The average molecular weight is 499 g/mol. The second-order valence-corrected chi connectivity index (χ2v) is 8.70. The van der Waals surface area contributed by atoms with E-state index in [-0.39, 0.29) is 12.5 Å². The number of methoxy groups -OCH3 is 1. The summed E-state index contributed by atoms with van der Waals surface area (Å²) < 4.78 is 16.6. The van der Waals surface area contributed by atoms with Gasteiger partial charge in [-0.1, -0.05) is 12.1 Å². The molecule has 2 aromatic carbocycles. The minimum atomic E-state index is -0.607. The van der Waals surface area contributed by atoms with Crippen LogP contribution in [0.5, 0.6) is 11.5 Å². The molecule has 0 spiro atoms. The first-order chi connectivity index (χ1) is 17.5. The van der Waals surface area contributed by atoms with E-state index in [1.807, 2.05) is 29.2 Å². The van der Waals surface area contributed by atoms with Crippen molar-refractivity contribution in [2.75, 3.05) is 62.0 Å². The summed E-state index contributed by atoms with van der Waals surface area (Å²) in [5.41, 5.74) is 3.03. The van der Waals surface area contributed by atoms with E-state index in [0.717, 1.165) is 23.5 Å². The Hall–Kier alpha value is -3.50. The first-order valence-corrected chi connectivity index (χ1v) is 12.3. The fraction of sp³-hybridized carbons (Fsp3) is 0.462. The normalized spacial score (nSPS) is 17.7.